The van der Waals surface area contributed by atoms with Crippen LogP contribution in [-0.4, -0.2) is 34.4 Å². The van der Waals surface area contributed by atoms with Crippen LogP contribution in [0, 0.1) is 5.92 Å². The zero-order chi connectivity index (χ0) is 17.2. The Morgan fingerprint density at radius 2 is 2.04 bits per heavy atom. The van der Waals surface area contributed by atoms with Crippen molar-refractivity contribution in [1.82, 2.24) is 9.88 Å². The standard InChI is InChI=1S/C14H17F3N4O2/c1-8-2-3-9(12(18)22)7-21(8)13(23)20-10-4-5-11(19-6-10)14(15,16)17/h4-6,8-9H,2-3,7H2,1H3,(H2,18,22)(H,20,23). The summed E-state index contributed by atoms with van der Waals surface area (Å²) in [6, 6.07) is 1.34. The van der Waals surface area contributed by atoms with Gasteiger partial charge >= 0.3 is 12.2 Å². The topological polar surface area (TPSA) is 88.3 Å². The van der Waals surface area contributed by atoms with E-state index >= 15 is 0 Å². The fourth-order valence-electron chi connectivity index (χ4n) is 2.45. The number of nitrogens with one attached hydrogen (secondary N) is 1. The number of pyridine rings is 1. The third kappa shape index (κ3) is 4.11. The molecule has 0 spiro atoms. The largest absolute Gasteiger partial charge is 0.433 e. The van der Waals surface area contributed by atoms with Crippen molar-refractivity contribution in [2.75, 3.05) is 11.9 Å². The van der Waals surface area contributed by atoms with Gasteiger partial charge in [-0.05, 0) is 31.9 Å². The van der Waals surface area contributed by atoms with Crippen molar-refractivity contribution in [2.45, 2.75) is 32.0 Å². The number of carbonyl (C=O) groups excluding carboxylic acids is 2. The summed E-state index contributed by atoms with van der Waals surface area (Å²) in [7, 11) is 0. The zero-order valence-electron chi connectivity index (χ0n) is 12.4. The molecule has 1 fully saturated rings. The molecule has 0 bridgehead atoms. The Hall–Kier alpha value is -2.32. The summed E-state index contributed by atoms with van der Waals surface area (Å²) in [6.07, 6.45) is -2.34. The summed E-state index contributed by atoms with van der Waals surface area (Å²) in [5.41, 5.74) is 4.39. The Bertz CT molecular complexity index is 589. The van der Waals surface area contributed by atoms with E-state index in [4.69, 9.17) is 5.73 Å². The first-order valence-corrected chi connectivity index (χ1v) is 7.08. The van der Waals surface area contributed by atoms with Crippen LogP contribution < -0.4 is 11.1 Å². The molecule has 1 saturated heterocycles. The SMILES string of the molecule is CC1CCC(C(N)=O)CN1C(=O)Nc1ccc(C(F)(F)F)nc1. The molecule has 0 radical (unpaired) electrons. The van der Waals surface area contributed by atoms with Gasteiger partial charge in [0, 0.05) is 12.6 Å². The maximum Gasteiger partial charge on any atom is 0.433 e. The fourth-order valence-corrected chi connectivity index (χ4v) is 2.45. The highest BCUT2D eigenvalue weighted by molar-refractivity contribution is 5.90. The van der Waals surface area contributed by atoms with Crippen LogP contribution in [0.4, 0.5) is 23.7 Å². The number of carbonyl (C=O) groups is 2. The lowest BCUT2D eigenvalue weighted by Gasteiger charge is -2.36. The highest BCUT2D eigenvalue weighted by Gasteiger charge is 2.33. The van der Waals surface area contributed by atoms with Gasteiger partial charge in [-0.15, -0.1) is 0 Å². The van der Waals surface area contributed by atoms with Crippen molar-refractivity contribution in [3.05, 3.63) is 24.0 Å². The molecule has 3 amide bonds. The van der Waals surface area contributed by atoms with Crippen LogP contribution in [0.3, 0.4) is 0 Å². The number of alkyl halides is 3. The van der Waals surface area contributed by atoms with Gasteiger partial charge in [-0.2, -0.15) is 13.2 Å². The van der Waals surface area contributed by atoms with E-state index in [1.54, 1.807) is 0 Å². The average Bonchev–Trinajstić information content (AvgIpc) is 2.47. The number of nitrogens with zero attached hydrogens (tertiary/aromatic N) is 2. The molecule has 1 aromatic heterocycles. The molecule has 2 rings (SSSR count). The summed E-state index contributed by atoms with van der Waals surface area (Å²) in [5, 5.41) is 2.49. The molecule has 2 atom stereocenters. The van der Waals surface area contributed by atoms with Gasteiger partial charge in [-0.3, -0.25) is 4.79 Å². The van der Waals surface area contributed by atoms with E-state index in [9.17, 15) is 22.8 Å². The summed E-state index contributed by atoms with van der Waals surface area (Å²) < 4.78 is 37.3. The number of piperidine rings is 1. The summed E-state index contributed by atoms with van der Waals surface area (Å²) in [4.78, 5) is 28.2. The van der Waals surface area contributed by atoms with E-state index in [2.05, 4.69) is 10.3 Å². The molecule has 3 N–H and O–H groups in total. The first kappa shape index (κ1) is 17.0. The monoisotopic (exact) mass is 330 g/mol. The second kappa shape index (κ2) is 6.43. The van der Waals surface area contributed by atoms with E-state index in [0.29, 0.717) is 12.8 Å². The molecule has 0 saturated carbocycles. The minimum absolute atomic E-state index is 0.0898. The van der Waals surface area contributed by atoms with Crippen molar-refractivity contribution in [3.8, 4) is 0 Å². The van der Waals surface area contributed by atoms with Gasteiger partial charge in [0.15, 0.2) is 0 Å². The van der Waals surface area contributed by atoms with Crippen molar-refractivity contribution < 1.29 is 22.8 Å². The smallest absolute Gasteiger partial charge is 0.369 e. The van der Waals surface area contributed by atoms with Crippen LogP contribution in [-0.2, 0) is 11.0 Å². The molecule has 0 aliphatic carbocycles. The number of primary amides is 1. The van der Waals surface area contributed by atoms with E-state index < -0.39 is 29.7 Å². The van der Waals surface area contributed by atoms with E-state index in [0.717, 1.165) is 18.3 Å². The molecule has 0 aromatic carbocycles. The van der Waals surface area contributed by atoms with Crippen molar-refractivity contribution in [2.24, 2.45) is 11.7 Å². The number of hydrogen-bond donors (Lipinski definition) is 2. The van der Waals surface area contributed by atoms with E-state index in [1.807, 2.05) is 6.92 Å². The Morgan fingerprint density at radius 3 is 2.57 bits per heavy atom. The molecule has 1 aliphatic rings. The van der Waals surface area contributed by atoms with Crippen LogP contribution in [0.2, 0.25) is 0 Å². The van der Waals surface area contributed by atoms with Gasteiger partial charge in [0.1, 0.15) is 5.69 Å². The van der Waals surface area contributed by atoms with Gasteiger partial charge in [0.05, 0.1) is 17.8 Å². The second-order valence-electron chi connectivity index (χ2n) is 5.54. The number of halogens is 3. The average molecular weight is 330 g/mol. The molecule has 1 aliphatic heterocycles. The Kier molecular flexibility index (Phi) is 4.76. The first-order chi connectivity index (χ1) is 10.7. The van der Waals surface area contributed by atoms with Crippen LogP contribution in [0.1, 0.15) is 25.5 Å². The van der Waals surface area contributed by atoms with Gasteiger partial charge in [0.25, 0.3) is 0 Å². The normalized spacial score (nSPS) is 21.8. The quantitative estimate of drug-likeness (QED) is 0.871. The zero-order valence-corrected chi connectivity index (χ0v) is 12.4. The Labute approximate surface area is 130 Å². The molecule has 9 heteroatoms. The maximum atomic E-state index is 12.4. The number of aromatic nitrogens is 1. The number of anilines is 1. The molecular formula is C14H17F3N4O2. The third-order valence-corrected chi connectivity index (χ3v) is 3.85. The van der Waals surface area contributed by atoms with E-state index in [-0.39, 0.29) is 18.3 Å². The highest BCUT2D eigenvalue weighted by atomic mass is 19.4. The van der Waals surface area contributed by atoms with E-state index in [1.165, 1.54) is 4.90 Å². The molecule has 6 nitrogen and oxygen atoms in total. The Balaban J connectivity index is 2.04. The lowest BCUT2D eigenvalue weighted by molar-refractivity contribution is -0.141. The fraction of sp³-hybridized carbons (Fsp3) is 0.500. The van der Waals surface area contributed by atoms with Gasteiger partial charge in [-0.25, -0.2) is 9.78 Å². The second-order valence-corrected chi connectivity index (χ2v) is 5.54. The van der Waals surface area contributed by atoms with Gasteiger partial charge in [-0.1, -0.05) is 0 Å². The third-order valence-electron chi connectivity index (χ3n) is 3.85. The minimum Gasteiger partial charge on any atom is -0.369 e. The molecule has 126 valence electrons. The van der Waals surface area contributed by atoms with Gasteiger partial charge in [0.2, 0.25) is 5.91 Å². The molecule has 23 heavy (non-hydrogen) atoms. The van der Waals surface area contributed by atoms with Crippen LogP contribution in [0.25, 0.3) is 0 Å². The highest BCUT2D eigenvalue weighted by Crippen LogP contribution is 2.28. The van der Waals surface area contributed by atoms with Crippen molar-refractivity contribution in [1.29, 1.82) is 0 Å². The lowest BCUT2D eigenvalue weighted by Crippen LogP contribution is -2.50. The first-order valence-electron chi connectivity index (χ1n) is 7.08. The maximum absolute atomic E-state index is 12.4. The number of nitrogens with two attached hydrogens (primary N) is 1. The Morgan fingerprint density at radius 1 is 1.35 bits per heavy atom. The molecule has 1 aromatic rings. The summed E-state index contributed by atoms with van der Waals surface area (Å²) in [5.74, 6) is -0.881. The predicted molar refractivity (Wildman–Crippen MR) is 76.3 cm³/mol. The van der Waals surface area contributed by atoms with Gasteiger partial charge < -0.3 is 16.0 Å². The molecular weight excluding hydrogens is 313 g/mol. The summed E-state index contributed by atoms with van der Waals surface area (Å²) in [6.45, 7) is 2.03. The van der Waals surface area contributed by atoms with Crippen LogP contribution in [0.5, 0.6) is 0 Å². The van der Waals surface area contributed by atoms with Crippen LogP contribution >= 0.6 is 0 Å². The number of likely N-dealkylation sites (tertiary alicyclic amines) is 1. The number of rotatable bonds is 2. The number of urea groups is 1. The molecule has 2 unspecified atom stereocenters. The predicted octanol–water partition coefficient (Wildman–Crippen LogP) is 2.22. The molecule has 2 heterocycles. The van der Waals surface area contributed by atoms with Crippen molar-refractivity contribution >= 4 is 17.6 Å². The minimum atomic E-state index is -4.53. The van der Waals surface area contributed by atoms with Crippen molar-refractivity contribution in [3.63, 3.8) is 0 Å². The summed E-state index contributed by atoms with van der Waals surface area (Å²) >= 11 is 0. The lowest BCUT2D eigenvalue weighted by atomic mass is 9.93. The number of hydrogen-bond acceptors (Lipinski definition) is 3. The number of amides is 3. The van der Waals surface area contributed by atoms with Crippen LogP contribution in [0.15, 0.2) is 18.3 Å².